The van der Waals surface area contributed by atoms with Crippen molar-refractivity contribution in [2.75, 3.05) is 40.0 Å². The second-order valence-corrected chi connectivity index (χ2v) is 9.48. The van der Waals surface area contributed by atoms with Crippen molar-refractivity contribution in [3.63, 3.8) is 0 Å². The Kier molecular flexibility index (Phi) is 9.78. The van der Waals surface area contributed by atoms with E-state index in [0.29, 0.717) is 23.6 Å². The van der Waals surface area contributed by atoms with Crippen LogP contribution in [0.5, 0.6) is 0 Å². The molecule has 0 aromatic rings. The Bertz CT molecular complexity index is 615. The number of rotatable bonds is 6. The van der Waals surface area contributed by atoms with Gasteiger partial charge in [-0.15, -0.1) is 0 Å². The largest absolute Gasteiger partial charge is 0.490 e. The highest BCUT2D eigenvalue weighted by Crippen LogP contribution is 2.44. The second-order valence-electron chi connectivity index (χ2n) is 9.48. The monoisotopic (exact) mass is 466 g/mol. The van der Waals surface area contributed by atoms with Gasteiger partial charge in [-0.2, -0.15) is 13.2 Å². The highest BCUT2D eigenvalue weighted by molar-refractivity contribution is 5.77. The molecule has 1 amide bonds. The van der Waals surface area contributed by atoms with Crippen LogP contribution in [-0.2, 0) is 19.1 Å². The summed E-state index contributed by atoms with van der Waals surface area (Å²) in [6.45, 7) is 8.58. The number of amides is 1. The molecule has 7 nitrogen and oxygen atoms in total. The van der Waals surface area contributed by atoms with E-state index < -0.39 is 12.1 Å². The van der Waals surface area contributed by atoms with Crippen molar-refractivity contribution in [2.24, 2.45) is 5.41 Å². The predicted octanol–water partition coefficient (Wildman–Crippen LogP) is 3.32. The fourth-order valence-electron chi connectivity index (χ4n) is 5.08. The van der Waals surface area contributed by atoms with Gasteiger partial charge in [0, 0.05) is 38.8 Å². The number of aliphatic carboxylic acids is 1. The maximum absolute atomic E-state index is 12.5. The van der Waals surface area contributed by atoms with Crippen molar-refractivity contribution in [1.29, 1.82) is 0 Å². The normalized spacial score (nSPS) is 24.1. The highest BCUT2D eigenvalue weighted by Gasteiger charge is 2.46. The van der Waals surface area contributed by atoms with E-state index in [1.165, 1.54) is 19.3 Å². The molecular formula is C22H37F3N2O5. The SMILES string of the molecule is COCC1CC2(CCN(C(=O)COC3CCCC3)CC2)CN1C(C)C.O=C(O)C(F)(F)F. The van der Waals surface area contributed by atoms with Gasteiger partial charge in [-0.3, -0.25) is 9.69 Å². The van der Waals surface area contributed by atoms with Crippen LogP contribution in [0.3, 0.4) is 0 Å². The summed E-state index contributed by atoms with van der Waals surface area (Å²) >= 11 is 0. The van der Waals surface area contributed by atoms with Crippen molar-refractivity contribution in [3.05, 3.63) is 0 Å². The highest BCUT2D eigenvalue weighted by atomic mass is 19.4. The molecule has 1 unspecified atom stereocenters. The molecule has 1 N–H and O–H groups in total. The molecule has 2 aliphatic heterocycles. The van der Waals surface area contributed by atoms with Gasteiger partial charge < -0.3 is 19.5 Å². The average Bonchev–Trinajstić information content (AvgIpc) is 3.35. The van der Waals surface area contributed by atoms with Crippen LogP contribution in [0.1, 0.15) is 58.8 Å². The number of hydrogen-bond donors (Lipinski definition) is 1. The molecule has 0 aromatic carbocycles. The summed E-state index contributed by atoms with van der Waals surface area (Å²) in [5.74, 6) is -2.57. The fraction of sp³-hybridized carbons (Fsp3) is 0.909. The third-order valence-electron chi connectivity index (χ3n) is 6.84. The number of nitrogens with zero attached hydrogens (tertiary/aromatic N) is 2. The lowest BCUT2D eigenvalue weighted by Gasteiger charge is -2.39. The van der Waals surface area contributed by atoms with Gasteiger partial charge in [-0.05, 0) is 51.4 Å². The molecular weight excluding hydrogens is 429 g/mol. The molecule has 3 aliphatic rings. The van der Waals surface area contributed by atoms with E-state index in [2.05, 4.69) is 18.7 Å². The Morgan fingerprint density at radius 1 is 1.16 bits per heavy atom. The van der Waals surface area contributed by atoms with Crippen LogP contribution in [0.15, 0.2) is 0 Å². The van der Waals surface area contributed by atoms with Crippen molar-refractivity contribution in [1.82, 2.24) is 9.80 Å². The van der Waals surface area contributed by atoms with Crippen molar-refractivity contribution >= 4 is 11.9 Å². The van der Waals surface area contributed by atoms with Crippen LogP contribution in [-0.4, -0.2) is 91.1 Å². The zero-order valence-corrected chi connectivity index (χ0v) is 19.3. The van der Waals surface area contributed by atoms with Crippen LogP contribution >= 0.6 is 0 Å². The minimum Gasteiger partial charge on any atom is -0.475 e. The minimum absolute atomic E-state index is 0.189. The summed E-state index contributed by atoms with van der Waals surface area (Å²) in [4.78, 5) is 26.0. The van der Waals surface area contributed by atoms with E-state index in [1.807, 2.05) is 4.90 Å². The number of methoxy groups -OCH3 is 1. The van der Waals surface area contributed by atoms with Crippen LogP contribution in [0.2, 0.25) is 0 Å². The van der Waals surface area contributed by atoms with Gasteiger partial charge >= 0.3 is 12.1 Å². The number of carboxylic acids is 1. The van der Waals surface area contributed by atoms with Gasteiger partial charge in [-0.25, -0.2) is 4.79 Å². The molecule has 1 aliphatic carbocycles. The van der Waals surface area contributed by atoms with Crippen LogP contribution in [0, 0.1) is 5.41 Å². The van der Waals surface area contributed by atoms with Gasteiger partial charge in [0.15, 0.2) is 0 Å². The minimum atomic E-state index is -5.08. The summed E-state index contributed by atoms with van der Waals surface area (Å²) in [6.07, 6.45) is 3.44. The first-order valence-corrected chi connectivity index (χ1v) is 11.4. The number of carboxylic acid groups (broad SMARTS) is 1. The zero-order chi connectivity index (χ0) is 23.9. The summed E-state index contributed by atoms with van der Waals surface area (Å²) in [7, 11) is 1.80. The van der Waals surface area contributed by atoms with Gasteiger partial charge in [0.05, 0.1) is 12.7 Å². The lowest BCUT2D eigenvalue weighted by atomic mass is 9.76. The third-order valence-corrected chi connectivity index (χ3v) is 6.84. The lowest BCUT2D eigenvalue weighted by molar-refractivity contribution is -0.192. The molecule has 10 heteroatoms. The first kappa shape index (κ1) is 26.9. The lowest BCUT2D eigenvalue weighted by Crippen LogP contribution is -2.46. The molecule has 1 saturated carbocycles. The third kappa shape index (κ3) is 7.59. The average molecular weight is 467 g/mol. The number of ether oxygens (including phenoxy) is 2. The summed E-state index contributed by atoms with van der Waals surface area (Å²) < 4.78 is 43.0. The zero-order valence-electron chi connectivity index (χ0n) is 19.3. The molecule has 32 heavy (non-hydrogen) atoms. The Labute approximate surface area is 188 Å². The molecule has 3 rings (SSSR count). The maximum atomic E-state index is 12.5. The van der Waals surface area contributed by atoms with E-state index >= 15 is 0 Å². The van der Waals surface area contributed by atoms with E-state index in [-0.39, 0.29) is 12.5 Å². The number of carbonyl (C=O) groups is 2. The molecule has 186 valence electrons. The Morgan fingerprint density at radius 3 is 2.19 bits per heavy atom. The van der Waals surface area contributed by atoms with Crippen LogP contribution in [0.25, 0.3) is 0 Å². The van der Waals surface area contributed by atoms with Crippen molar-refractivity contribution in [3.8, 4) is 0 Å². The van der Waals surface area contributed by atoms with E-state index in [9.17, 15) is 18.0 Å². The van der Waals surface area contributed by atoms with Gasteiger partial charge in [0.1, 0.15) is 6.61 Å². The quantitative estimate of drug-likeness (QED) is 0.647. The fourth-order valence-corrected chi connectivity index (χ4v) is 5.08. The maximum Gasteiger partial charge on any atom is 0.490 e. The Morgan fingerprint density at radius 2 is 1.72 bits per heavy atom. The van der Waals surface area contributed by atoms with E-state index in [4.69, 9.17) is 19.4 Å². The van der Waals surface area contributed by atoms with Gasteiger partial charge in [0.25, 0.3) is 0 Å². The predicted molar refractivity (Wildman–Crippen MR) is 112 cm³/mol. The van der Waals surface area contributed by atoms with Gasteiger partial charge in [-0.1, -0.05) is 12.8 Å². The number of likely N-dealkylation sites (tertiary alicyclic amines) is 2. The molecule has 0 aromatic heterocycles. The summed E-state index contributed by atoms with van der Waals surface area (Å²) in [5.41, 5.74) is 0.372. The molecule has 2 saturated heterocycles. The number of carbonyl (C=O) groups excluding carboxylic acids is 1. The number of piperidine rings is 1. The number of alkyl halides is 3. The topological polar surface area (TPSA) is 79.3 Å². The van der Waals surface area contributed by atoms with E-state index in [1.54, 1.807) is 7.11 Å². The smallest absolute Gasteiger partial charge is 0.475 e. The second kappa shape index (κ2) is 11.7. The molecule has 3 fully saturated rings. The van der Waals surface area contributed by atoms with Gasteiger partial charge in [0.2, 0.25) is 5.91 Å². The summed E-state index contributed by atoms with van der Waals surface area (Å²) in [6, 6.07) is 1.08. The van der Waals surface area contributed by atoms with Crippen LogP contribution in [0.4, 0.5) is 13.2 Å². The van der Waals surface area contributed by atoms with E-state index in [0.717, 1.165) is 51.9 Å². The first-order chi connectivity index (χ1) is 15.0. The van der Waals surface area contributed by atoms with Crippen LogP contribution < -0.4 is 0 Å². The Hall–Kier alpha value is -1.39. The number of halogens is 3. The molecule has 2 heterocycles. The molecule has 0 bridgehead atoms. The number of hydrogen-bond acceptors (Lipinski definition) is 5. The molecule has 1 spiro atoms. The van der Waals surface area contributed by atoms with Crippen molar-refractivity contribution in [2.45, 2.75) is 83.2 Å². The van der Waals surface area contributed by atoms with Crippen molar-refractivity contribution < 1.29 is 37.3 Å². The summed E-state index contributed by atoms with van der Waals surface area (Å²) in [5, 5.41) is 7.12. The standard InChI is InChI=1S/C20H36N2O3.C2HF3O2/c1-16(2)22-15-20(12-17(22)13-24-3)8-10-21(11-9-20)19(23)14-25-18-6-4-5-7-18;3-2(4,5)1(6)7/h16-18H,4-15H2,1-3H3;(H,6,7). The molecule has 1 atom stereocenters. The Balaban J connectivity index is 0.000000451. The first-order valence-electron chi connectivity index (χ1n) is 11.4. The molecule has 0 radical (unpaired) electrons.